The molecule has 3 nitrogen and oxygen atoms in total. The third-order valence-electron chi connectivity index (χ3n) is 5.88. The van der Waals surface area contributed by atoms with Gasteiger partial charge in [0.05, 0.1) is 5.92 Å². The van der Waals surface area contributed by atoms with E-state index in [-0.39, 0.29) is 5.92 Å². The average molecular weight is 315 g/mol. The molecule has 0 amide bonds. The minimum absolute atomic E-state index is 0.111. The van der Waals surface area contributed by atoms with Crippen LogP contribution in [0.1, 0.15) is 62.8 Å². The van der Waals surface area contributed by atoms with E-state index in [4.69, 9.17) is 5.11 Å². The second-order valence-electron chi connectivity index (χ2n) is 7.36. The number of carbonyl (C=O) groups is 1. The van der Waals surface area contributed by atoms with Crippen LogP contribution in [0.25, 0.3) is 0 Å². The first-order valence-corrected chi connectivity index (χ1v) is 9.25. The molecule has 1 aromatic carbocycles. The summed E-state index contributed by atoms with van der Waals surface area (Å²) in [4.78, 5) is 11.0. The molecule has 2 N–H and O–H groups in total. The molecule has 0 radical (unpaired) electrons. The second-order valence-corrected chi connectivity index (χ2v) is 7.36. The summed E-state index contributed by atoms with van der Waals surface area (Å²) in [6.07, 6.45) is 9.01. The summed E-state index contributed by atoms with van der Waals surface area (Å²) < 4.78 is 0. The molecule has 2 saturated carbocycles. The van der Waals surface area contributed by atoms with E-state index in [1.165, 1.54) is 31.2 Å². The smallest absolute Gasteiger partial charge is 0.306 e. The lowest BCUT2D eigenvalue weighted by Gasteiger charge is -2.34. The largest absolute Gasteiger partial charge is 0.481 e. The van der Waals surface area contributed by atoms with Gasteiger partial charge in [0.1, 0.15) is 0 Å². The molecule has 126 valence electrons. The predicted octanol–water partition coefficient (Wildman–Crippen LogP) is 4.19. The Morgan fingerprint density at radius 1 is 1.00 bits per heavy atom. The molecule has 2 aliphatic rings. The zero-order chi connectivity index (χ0) is 16.1. The summed E-state index contributed by atoms with van der Waals surface area (Å²) in [7, 11) is 0. The van der Waals surface area contributed by atoms with Crippen molar-refractivity contribution >= 4 is 5.97 Å². The fourth-order valence-corrected chi connectivity index (χ4v) is 4.45. The number of nitrogens with one attached hydrogen (secondary N) is 1. The van der Waals surface area contributed by atoms with Gasteiger partial charge in [-0.05, 0) is 62.5 Å². The Hall–Kier alpha value is -1.35. The monoisotopic (exact) mass is 315 g/mol. The highest BCUT2D eigenvalue weighted by Crippen LogP contribution is 2.37. The molecule has 2 atom stereocenters. The molecule has 2 unspecified atom stereocenters. The zero-order valence-corrected chi connectivity index (χ0v) is 13.9. The van der Waals surface area contributed by atoms with E-state index in [1.54, 1.807) is 0 Å². The van der Waals surface area contributed by atoms with Crippen molar-refractivity contribution in [2.75, 3.05) is 6.54 Å². The van der Waals surface area contributed by atoms with Crippen LogP contribution in [0.3, 0.4) is 0 Å². The van der Waals surface area contributed by atoms with Crippen molar-refractivity contribution in [3.8, 4) is 0 Å². The Bertz CT molecular complexity index is 494. The molecule has 1 aromatic rings. The van der Waals surface area contributed by atoms with Crippen LogP contribution in [0.15, 0.2) is 30.3 Å². The quantitative estimate of drug-likeness (QED) is 0.856. The lowest BCUT2D eigenvalue weighted by molar-refractivity contribution is -0.142. The molecule has 2 fully saturated rings. The normalized spacial score (nSPS) is 31.7. The van der Waals surface area contributed by atoms with E-state index in [2.05, 4.69) is 35.6 Å². The standard InChI is InChI=1S/C20H29NO2/c22-20(23)16-10-12-18(13-11-16)21-14-17-8-4-5-9-19(17)15-6-2-1-3-7-15/h1-3,6-7,16-19,21H,4-5,8-14H2,(H,22,23). The number of carboxylic acid groups (broad SMARTS) is 1. The van der Waals surface area contributed by atoms with Crippen LogP contribution in [-0.4, -0.2) is 23.7 Å². The summed E-state index contributed by atoms with van der Waals surface area (Å²) in [6.45, 7) is 1.09. The third kappa shape index (κ3) is 4.35. The van der Waals surface area contributed by atoms with Gasteiger partial charge in [0, 0.05) is 6.04 Å². The average Bonchev–Trinajstić information content (AvgIpc) is 2.61. The van der Waals surface area contributed by atoms with Crippen LogP contribution in [-0.2, 0) is 4.79 Å². The lowest BCUT2D eigenvalue weighted by atomic mass is 9.75. The first-order chi connectivity index (χ1) is 11.2. The Morgan fingerprint density at radius 3 is 2.39 bits per heavy atom. The van der Waals surface area contributed by atoms with E-state index in [1.807, 2.05) is 0 Å². The van der Waals surface area contributed by atoms with E-state index in [0.717, 1.165) is 38.1 Å². The maximum Gasteiger partial charge on any atom is 0.306 e. The summed E-state index contributed by atoms with van der Waals surface area (Å²) in [5, 5.41) is 12.9. The van der Waals surface area contributed by atoms with Crippen molar-refractivity contribution in [1.29, 1.82) is 0 Å². The van der Waals surface area contributed by atoms with Crippen molar-refractivity contribution in [3.63, 3.8) is 0 Å². The van der Waals surface area contributed by atoms with Gasteiger partial charge in [-0.15, -0.1) is 0 Å². The highest BCUT2D eigenvalue weighted by atomic mass is 16.4. The number of hydrogen-bond acceptors (Lipinski definition) is 2. The third-order valence-corrected chi connectivity index (χ3v) is 5.88. The zero-order valence-electron chi connectivity index (χ0n) is 13.9. The fourth-order valence-electron chi connectivity index (χ4n) is 4.45. The Balaban J connectivity index is 1.51. The van der Waals surface area contributed by atoms with Crippen molar-refractivity contribution in [1.82, 2.24) is 5.32 Å². The molecule has 23 heavy (non-hydrogen) atoms. The molecule has 0 aliphatic heterocycles. The van der Waals surface area contributed by atoms with Gasteiger partial charge in [0.25, 0.3) is 0 Å². The lowest BCUT2D eigenvalue weighted by Crippen LogP contribution is -2.39. The van der Waals surface area contributed by atoms with Gasteiger partial charge < -0.3 is 10.4 Å². The predicted molar refractivity (Wildman–Crippen MR) is 92.5 cm³/mol. The summed E-state index contributed by atoms with van der Waals surface area (Å²) in [6, 6.07) is 11.5. The summed E-state index contributed by atoms with van der Waals surface area (Å²) in [5.74, 6) is 0.691. The molecule has 0 spiro atoms. The number of hydrogen-bond donors (Lipinski definition) is 2. The maximum absolute atomic E-state index is 11.0. The molecule has 0 saturated heterocycles. The SMILES string of the molecule is O=C(O)C1CCC(NCC2CCCCC2c2ccccc2)CC1. The molecule has 0 aromatic heterocycles. The van der Waals surface area contributed by atoms with Crippen molar-refractivity contribution in [2.24, 2.45) is 11.8 Å². The summed E-state index contributed by atoms with van der Waals surface area (Å²) in [5.41, 5.74) is 1.49. The first kappa shape index (κ1) is 16.5. The number of benzene rings is 1. The Morgan fingerprint density at radius 2 is 1.70 bits per heavy atom. The van der Waals surface area contributed by atoms with Crippen LogP contribution < -0.4 is 5.32 Å². The molecular formula is C20H29NO2. The fraction of sp³-hybridized carbons (Fsp3) is 0.650. The van der Waals surface area contributed by atoms with Crippen molar-refractivity contribution < 1.29 is 9.90 Å². The molecule has 0 bridgehead atoms. The minimum Gasteiger partial charge on any atom is -0.481 e. The number of carboxylic acids is 1. The van der Waals surface area contributed by atoms with Gasteiger partial charge in [-0.3, -0.25) is 4.79 Å². The van der Waals surface area contributed by atoms with Gasteiger partial charge in [-0.1, -0.05) is 43.2 Å². The van der Waals surface area contributed by atoms with Crippen LogP contribution in [0.5, 0.6) is 0 Å². The highest BCUT2D eigenvalue weighted by molar-refractivity contribution is 5.70. The van der Waals surface area contributed by atoms with Gasteiger partial charge in [-0.25, -0.2) is 0 Å². The second kappa shape index (κ2) is 7.96. The van der Waals surface area contributed by atoms with Crippen LogP contribution in [0.2, 0.25) is 0 Å². The van der Waals surface area contributed by atoms with Gasteiger partial charge in [0.15, 0.2) is 0 Å². The van der Waals surface area contributed by atoms with Gasteiger partial charge >= 0.3 is 5.97 Å². The molecule has 2 aliphatic carbocycles. The highest BCUT2D eigenvalue weighted by Gasteiger charge is 2.29. The topological polar surface area (TPSA) is 49.3 Å². The van der Waals surface area contributed by atoms with Gasteiger partial charge in [0.2, 0.25) is 0 Å². The molecule has 3 rings (SSSR count). The Kier molecular flexibility index (Phi) is 5.71. The molecular weight excluding hydrogens is 286 g/mol. The maximum atomic E-state index is 11.0. The van der Waals surface area contributed by atoms with Crippen molar-refractivity contribution in [3.05, 3.63) is 35.9 Å². The van der Waals surface area contributed by atoms with E-state index >= 15 is 0 Å². The molecule has 0 heterocycles. The molecule has 3 heteroatoms. The van der Waals surface area contributed by atoms with Crippen LogP contribution >= 0.6 is 0 Å². The van der Waals surface area contributed by atoms with Crippen LogP contribution in [0.4, 0.5) is 0 Å². The van der Waals surface area contributed by atoms with E-state index in [9.17, 15) is 4.79 Å². The summed E-state index contributed by atoms with van der Waals surface area (Å²) >= 11 is 0. The van der Waals surface area contributed by atoms with E-state index in [0.29, 0.717) is 12.0 Å². The Labute approximate surface area is 139 Å². The first-order valence-electron chi connectivity index (χ1n) is 9.25. The van der Waals surface area contributed by atoms with Crippen LogP contribution in [0, 0.1) is 11.8 Å². The van der Waals surface area contributed by atoms with Gasteiger partial charge in [-0.2, -0.15) is 0 Å². The number of aliphatic carboxylic acids is 1. The van der Waals surface area contributed by atoms with E-state index < -0.39 is 5.97 Å². The van der Waals surface area contributed by atoms with Crippen molar-refractivity contribution in [2.45, 2.75) is 63.3 Å². The number of rotatable bonds is 5. The minimum atomic E-state index is -0.611.